The number of benzene rings is 2. The van der Waals surface area contributed by atoms with Crippen molar-refractivity contribution in [2.24, 2.45) is 0 Å². The Bertz CT molecular complexity index is 725. The summed E-state index contributed by atoms with van der Waals surface area (Å²) >= 11 is 0. The number of hydrogen-bond acceptors (Lipinski definition) is 2. The first-order valence-electron chi connectivity index (χ1n) is 6.60. The van der Waals surface area contributed by atoms with E-state index in [1.165, 1.54) is 11.6 Å². The van der Waals surface area contributed by atoms with Gasteiger partial charge < -0.3 is 5.32 Å². The van der Waals surface area contributed by atoms with E-state index < -0.39 is 0 Å². The third-order valence-electron chi connectivity index (χ3n) is 3.39. The van der Waals surface area contributed by atoms with Gasteiger partial charge in [0.05, 0.1) is 0 Å². The van der Waals surface area contributed by atoms with Crippen molar-refractivity contribution in [3.05, 3.63) is 72.2 Å². The summed E-state index contributed by atoms with van der Waals surface area (Å²) in [7, 11) is 0. The van der Waals surface area contributed by atoms with Gasteiger partial charge in [-0.05, 0) is 24.6 Å². The van der Waals surface area contributed by atoms with Gasteiger partial charge in [-0.1, -0.05) is 42.5 Å². The molecule has 0 aliphatic heterocycles. The average molecular weight is 266 g/mol. The standard InChI is InChI=1S/C17H15FN2/c1-12(13-6-3-2-4-7-13)20-16-10-11-19-17-14(16)8-5-9-15(17)18/h2-12H,1H3,(H,19,20)/t12-/m0/s1. The quantitative estimate of drug-likeness (QED) is 0.752. The summed E-state index contributed by atoms with van der Waals surface area (Å²) in [4.78, 5) is 4.11. The highest BCUT2D eigenvalue weighted by Gasteiger charge is 2.09. The van der Waals surface area contributed by atoms with E-state index in [0.29, 0.717) is 5.52 Å². The molecule has 1 aromatic heterocycles. The smallest absolute Gasteiger partial charge is 0.149 e. The number of aromatic nitrogens is 1. The molecule has 100 valence electrons. The van der Waals surface area contributed by atoms with Crippen molar-refractivity contribution in [1.82, 2.24) is 4.98 Å². The molecular weight excluding hydrogens is 251 g/mol. The van der Waals surface area contributed by atoms with Crippen molar-refractivity contribution in [1.29, 1.82) is 0 Å². The maximum absolute atomic E-state index is 13.7. The zero-order valence-electron chi connectivity index (χ0n) is 11.2. The molecule has 0 aliphatic rings. The highest BCUT2D eigenvalue weighted by molar-refractivity contribution is 5.91. The van der Waals surface area contributed by atoms with Gasteiger partial charge in [0.25, 0.3) is 0 Å². The number of halogens is 1. The lowest BCUT2D eigenvalue weighted by atomic mass is 10.1. The third kappa shape index (κ3) is 2.35. The second kappa shape index (κ2) is 5.29. The van der Waals surface area contributed by atoms with Gasteiger partial charge in [-0.3, -0.25) is 4.98 Å². The Kier molecular flexibility index (Phi) is 3.33. The van der Waals surface area contributed by atoms with Crippen molar-refractivity contribution in [2.75, 3.05) is 5.32 Å². The van der Waals surface area contributed by atoms with Gasteiger partial charge in [-0.15, -0.1) is 0 Å². The summed E-state index contributed by atoms with van der Waals surface area (Å²) in [6.07, 6.45) is 1.63. The molecule has 1 N–H and O–H groups in total. The fraction of sp³-hybridized carbons (Fsp3) is 0.118. The Morgan fingerprint density at radius 1 is 1.00 bits per heavy atom. The van der Waals surface area contributed by atoms with Crippen LogP contribution in [0.2, 0.25) is 0 Å². The zero-order valence-corrected chi connectivity index (χ0v) is 11.2. The molecule has 0 saturated carbocycles. The number of hydrogen-bond donors (Lipinski definition) is 1. The third-order valence-corrected chi connectivity index (χ3v) is 3.39. The van der Waals surface area contributed by atoms with Crippen molar-refractivity contribution in [3.63, 3.8) is 0 Å². The molecule has 0 amide bonds. The van der Waals surface area contributed by atoms with Gasteiger partial charge in [-0.2, -0.15) is 0 Å². The molecule has 3 heteroatoms. The van der Waals surface area contributed by atoms with Crippen LogP contribution in [0.3, 0.4) is 0 Å². The summed E-state index contributed by atoms with van der Waals surface area (Å²) in [6, 6.07) is 17.2. The maximum atomic E-state index is 13.7. The summed E-state index contributed by atoms with van der Waals surface area (Å²) < 4.78 is 13.7. The molecule has 1 atom stereocenters. The van der Waals surface area contributed by atoms with Crippen LogP contribution in [0.25, 0.3) is 10.9 Å². The van der Waals surface area contributed by atoms with Crippen molar-refractivity contribution >= 4 is 16.6 Å². The van der Waals surface area contributed by atoms with E-state index in [1.54, 1.807) is 12.3 Å². The highest BCUT2D eigenvalue weighted by atomic mass is 19.1. The summed E-state index contributed by atoms with van der Waals surface area (Å²) in [5.74, 6) is -0.293. The van der Waals surface area contributed by atoms with E-state index in [4.69, 9.17) is 0 Å². The topological polar surface area (TPSA) is 24.9 Å². The molecule has 2 nitrogen and oxygen atoms in total. The number of anilines is 1. The molecule has 0 spiro atoms. The lowest BCUT2D eigenvalue weighted by Crippen LogP contribution is -2.07. The number of fused-ring (bicyclic) bond motifs is 1. The van der Waals surface area contributed by atoms with Crippen LogP contribution in [-0.4, -0.2) is 4.98 Å². The number of rotatable bonds is 3. The van der Waals surface area contributed by atoms with Gasteiger partial charge in [0.2, 0.25) is 0 Å². The molecule has 0 saturated heterocycles. The first-order valence-corrected chi connectivity index (χ1v) is 6.60. The van der Waals surface area contributed by atoms with Crippen LogP contribution in [0.15, 0.2) is 60.8 Å². The van der Waals surface area contributed by atoms with Gasteiger partial charge in [0.1, 0.15) is 11.3 Å². The Hall–Kier alpha value is -2.42. The molecule has 20 heavy (non-hydrogen) atoms. The zero-order chi connectivity index (χ0) is 13.9. The normalized spacial score (nSPS) is 12.3. The molecule has 0 radical (unpaired) electrons. The first kappa shape index (κ1) is 12.6. The van der Waals surface area contributed by atoms with Gasteiger partial charge in [-0.25, -0.2) is 4.39 Å². The van der Waals surface area contributed by atoms with Crippen molar-refractivity contribution in [3.8, 4) is 0 Å². The molecule has 0 aliphatic carbocycles. The van der Waals surface area contributed by atoms with Crippen LogP contribution in [-0.2, 0) is 0 Å². The van der Waals surface area contributed by atoms with Gasteiger partial charge >= 0.3 is 0 Å². The van der Waals surface area contributed by atoms with Crippen LogP contribution in [0.1, 0.15) is 18.5 Å². The van der Waals surface area contributed by atoms with Crippen LogP contribution in [0.5, 0.6) is 0 Å². The molecule has 3 aromatic rings. The Balaban J connectivity index is 1.97. The van der Waals surface area contributed by atoms with E-state index >= 15 is 0 Å². The van der Waals surface area contributed by atoms with Crippen LogP contribution in [0, 0.1) is 5.82 Å². The predicted molar refractivity (Wildman–Crippen MR) is 80.2 cm³/mol. The minimum atomic E-state index is -0.293. The highest BCUT2D eigenvalue weighted by Crippen LogP contribution is 2.26. The monoisotopic (exact) mass is 266 g/mol. The molecule has 1 heterocycles. The number of para-hydroxylation sites is 1. The van der Waals surface area contributed by atoms with Crippen molar-refractivity contribution < 1.29 is 4.39 Å². The minimum Gasteiger partial charge on any atom is -0.378 e. The fourth-order valence-corrected chi connectivity index (χ4v) is 2.32. The second-order valence-corrected chi connectivity index (χ2v) is 4.77. The number of pyridine rings is 1. The van der Waals surface area contributed by atoms with Crippen molar-refractivity contribution in [2.45, 2.75) is 13.0 Å². The molecule has 3 rings (SSSR count). The van der Waals surface area contributed by atoms with E-state index in [0.717, 1.165) is 11.1 Å². The number of nitrogens with zero attached hydrogens (tertiary/aromatic N) is 1. The van der Waals surface area contributed by atoms with Crippen LogP contribution >= 0.6 is 0 Å². The van der Waals surface area contributed by atoms with Crippen LogP contribution in [0.4, 0.5) is 10.1 Å². The Morgan fingerprint density at radius 3 is 2.60 bits per heavy atom. The average Bonchev–Trinajstić information content (AvgIpc) is 2.49. The summed E-state index contributed by atoms with van der Waals surface area (Å²) in [5.41, 5.74) is 2.48. The predicted octanol–water partition coefficient (Wildman–Crippen LogP) is 4.55. The van der Waals surface area contributed by atoms with Gasteiger partial charge in [0.15, 0.2) is 0 Å². The van der Waals surface area contributed by atoms with E-state index in [9.17, 15) is 4.39 Å². The second-order valence-electron chi connectivity index (χ2n) is 4.77. The first-order chi connectivity index (χ1) is 9.75. The van der Waals surface area contributed by atoms with Gasteiger partial charge in [0, 0.05) is 23.3 Å². The molecule has 0 fully saturated rings. The molecular formula is C17H15FN2. The largest absolute Gasteiger partial charge is 0.378 e. The summed E-state index contributed by atoms with van der Waals surface area (Å²) in [5, 5.41) is 4.22. The van der Waals surface area contributed by atoms with E-state index in [-0.39, 0.29) is 11.9 Å². The van der Waals surface area contributed by atoms with Crippen LogP contribution < -0.4 is 5.32 Å². The maximum Gasteiger partial charge on any atom is 0.149 e. The molecule has 0 bridgehead atoms. The SMILES string of the molecule is C[C@H](Nc1ccnc2c(F)cccc12)c1ccccc1. The lowest BCUT2D eigenvalue weighted by molar-refractivity contribution is 0.637. The minimum absolute atomic E-state index is 0.144. The Morgan fingerprint density at radius 2 is 1.80 bits per heavy atom. The molecule has 0 unspecified atom stereocenters. The lowest BCUT2D eigenvalue weighted by Gasteiger charge is -2.17. The number of nitrogens with one attached hydrogen (secondary N) is 1. The van der Waals surface area contributed by atoms with E-state index in [2.05, 4.69) is 29.4 Å². The molecule has 2 aromatic carbocycles. The summed E-state index contributed by atoms with van der Waals surface area (Å²) in [6.45, 7) is 2.08. The fourth-order valence-electron chi connectivity index (χ4n) is 2.32. The van der Waals surface area contributed by atoms with E-state index in [1.807, 2.05) is 30.3 Å². The Labute approximate surface area is 117 Å².